The first-order valence-electron chi connectivity index (χ1n) is 4.90. The Labute approximate surface area is 107 Å². The molecule has 0 aliphatic rings. The molecule has 92 valence electrons. The van der Waals surface area contributed by atoms with Crippen molar-refractivity contribution >= 4 is 33.6 Å². The Morgan fingerprint density at radius 1 is 1.47 bits per heavy atom. The SMILES string of the molecule is CCNc1c(Br)cc(C(=O)O)cc1C(=O)OC. The zero-order valence-corrected chi connectivity index (χ0v) is 11.0. The maximum Gasteiger partial charge on any atom is 0.340 e. The van der Waals surface area contributed by atoms with E-state index in [1.807, 2.05) is 6.92 Å². The molecule has 5 nitrogen and oxygen atoms in total. The number of hydrogen-bond acceptors (Lipinski definition) is 4. The average Bonchev–Trinajstić information content (AvgIpc) is 2.30. The highest BCUT2D eigenvalue weighted by Gasteiger charge is 2.18. The van der Waals surface area contributed by atoms with E-state index in [2.05, 4.69) is 26.0 Å². The number of nitrogens with one attached hydrogen (secondary N) is 1. The Balaban J connectivity index is 3.38. The lowest BCUT2D eigenvalue weighted by atomic mass is 10.1. The van der Waals surface area contributed by atoms with E-state index >= 15 is 0 Å². The number of benzene rings is 1. The standard InChI is InChI=1S/C11H12BrNO4/c1-3-13-9-7(11(16)17-2)4-6(10(14)15)5-8(9)12/h4-5,13H,3H2,1-2H3,(H,14,15). The summed E-state index contributed by atoms with van der Waals surface area (Å²) in [4.78, 5) is 22.5. The molecule has 0 bridgehead atoms. The van der Waals surface area contributed by atoms with E-state index in [0.29, 0.717) is 16.7 Å². The van der Waals surface area contributed by atoms with Crippen LogP contribution in [0, 0.1) is 0 Å². The summed E-state index contributed by atoms with van der Waals surface area (Å²) in [5.41, 5.74) is 0.754. The van der Waals surface area contributed by atoms with Gasteiger partial charge in [0.15, 0.2) is 0 Å². The fraction of sp³-hybridized carbons (Fsp3) is 0.273. The maximum absolute atomic E-state index is 11.6. The van der Waals surface area contributed by atoms with Crippen LogP contribution in [0.25, 0.3) is 0 Å². The van der Waals surface area contributed by atoms with Gasteiger partial charge in [0.25, 0.3) is 0 Å². The van der Waals surface area contributed by atoms with Gasteiger partial charge in [0.2, 0.25) is 0 Å². The van der Waals surface area contributed by atoms with Gasteiger partial charge in [-0.15, -0.1) is 0 Å². The number of hydrogen-bond donors (Lipinski definition) is 2. The number of carbonyl (C=O) groups excluding carboxylic acids is 1. The number of aromatic carboxylic acids is 1. The van der Waals surface area contributed by atoms with Crippen molar-refractivity contribution in [3.05, 3.63) is 27.7 Å². The van der Waals surface area contributed by atoms with Crippen LogP contribution in [0.15, 0.2) is 16.6 Å². The molecular weight excluding hydrogens is 290 g/mol. The fourth-order valence-electron chi connectivity index (χ4n) is 1.36. The molecule has 0 aliphatic carbocycles. The van der Waals surface area contributed by atoms with Crippen molar-refractivity contribution in [2.24, 2.45) is 0 Å². The second kappa shape index (κ2) is 5.67. The molecule has 6 heteroatoms. The highest BCUT2D eigenvalue weighted by Crippen LogP contribution is 2.29. The maximum atomic E-state index is 11.6. The van der Waals surface area contributed by atoms with Crippen LogP contribution >= 0.6 is 15.9 Å². The van der Waals surface area contributed by atoms with E-state index in [0.717, 1.165) is 0 Å². The lowest BCUT2D eigenvalue weighted by Gasteiger charge is -2.12. The van der Waals surface area contributed by atoms with Crippen LogP contribution in [0.2, 0.25) is 0 Å². The van der Waals surface area contributed by atoms with Crippen molar-refractivity contribution in [2.45, 2.75) is 6.92 Å². The quantitative estimate of drug-likeness (QED) is 0.835. The average molecular weight is 302 g/mol. The minimum absolute atomic E-state index is 0.0268. The van der Waals surface area contributed by atoms with E-state index < -0.39 is 11.9 Å². The number of carboxylic acids is 1. The third-order valence-corrected chi connectivity index (χ3v) is 2.72. The van der Waals surface area contributed by atoms with E-state index in [-0.39, 0.29) is 11.1 Å². The molecule has 0 saturated heterocycles. The van der Waals surface area contributed by atoms with E-state index in [1.54, 1.807) is 0 Å². The lowest BCUT2D eigenvalue weighted by molar-refractivity contribution is 0.0601. The summed E-state index contributed by atoms with van der Waals surface area (Å²) >= 11 is 3.23. The summed E-state index contributed by atoms with van der Waals surface area (Å²) in [5, 5.41) is 11.9. The molecule has 0 fully saturated rings. The Bertz CT molecular complexity index is 459. The highest BCUT2D eigenvalue weighted by atomic mass is 79.9. The molecule has 0 atom stereocenters. The number of esters is 1. The molecule has 0 unspecified atom stereocenters. The number of halogens is 1. The van der Waals surface area contributed by atoms with Gasteiger partial charge >= 0.3 is 11.9 Å². The summed E-state index contributed by atoms with van der Waals surface area (Å²) in [6.45, 7) is 2.48. The van der Waals surface area contributed by atoms with Gasteiger partial charge in [-0.2, -0.15) is 0 Å². The van der Waals surface area contributed by atoms with Gasteiger partial charge in [-0.3, -0.25) is 0 Å². The van der Waals surface area contributed by atoms with Crippen molar-refractivity contribution in [2.75, 3.05) is 19.0 Å². The van der Waals surface area contributed by atoms with Gasteiger partial charge in [0.1, 0.15) is 0 Å². The Morgan fingerprint density at radius 2 is 2.12 bits per heavy atom. The largest absolute Gasteiger partial charge is 0.478 e. The normalized spacial score (nSPS) is 9.82. The number of ether oxygens (including phenoxy) is 1. The minimum atomic E-state index is -1.10. The fourth-order valence-corrected chi connectivity index (χ4v) is 1.96. The summed E-state index contributed by atoms with van der Waals surface area (Å²) in [7, 11) is 1.25. The number of carbonyl (C=O) groups is 2. The first kappa shape index (κ1) is 13.5. The molecule has 0 aliphatic heterocycles. The van der Waals surface area contributed by atoms with Crippen molar-refractivity contribution < 1.29 is 19.4 Å². The topological polar surface area (TPSA) is 75.6 Å². The predicted octanol–water partition coefficient (Wildman–Crippen LogP) is 2.37. The summed E-state index contributed by atoms with van der Waals surface area (Å²) in [6.07, 6.45) is 0. The van der Waals surface area contributed by atoms with Crippen LogP contribution in [0.1, 0.15) is 27.6 Å². The Kier molecular flexibility index (Phi) is 4.51. The van der Waals surface area contributed by atoms with Crippen LogP contribution in [-0.4, -0.2) is 30.7 Å². The molecule has 17 heavy (non-hydrogen) atoms. The van der Waals surface area contributed by atoms with Gasteiger partial charge in [0.05, 0.1) is 23.9 Å². The Hall–Kier alpha value is -1.56. The molecular formula is C11H12BrNO4. The van der Waals surface area contributed by atoms with Gasteiger partial charge in [-0.25, -0.2) is 9.59 Å². The van der Waals surface area contributed by atoms with Gasteiger partial charge in [-0.05, 0) is 35.0 Å². The second-order valence-corrected chi connectivity index (χ2v) is 4.06. The molecule has 0 spiro atoms. The van der Waals surface area contributed by atoms with Gasteiger partial charge < -0.3 is 15.2 Å². The number of methoxy groups -OCH3 is 1. The third-order valence-electron chi connectivity index (χ3n) is 2.10. The van der Waals surface area contributed by atoms with Crippen molar-refractivity contribution in [3.8, 4) is 0 Å². The minimum Gasteiger partial charge on any atom is -0.478 e. The molecule has 1 aromatic rings. The number of rotatable bonds is 4. The van der Waals surface area contributed by atoms with Gasteiger partial charge in [0, 0.05) is 11.0 Å². The molecule has 0 radical (unpaired) electrons. The zero-order valence-electron chi connectivity index (χ0n) is 9.41. The molecule has 0 saturated carbocycles. The number of anilines is 1. The van der Waals surface area contributed by atoms with Crippen LogP contribution in [0.3, 0.4) is 0 Å². The lowest BCUT2D eigenvalue weighted by Crippen LogP contribution is -2.11. The molecule has 0 aromatic heterocycles. The first-order valence-corrected chi connectivity index (χ1v) is 5.69. The molecule has 2 N–H and O–H groups in total. The molecule has 0 amide bonds. The predicted molar refractivity (Wildman–Crippen MR) is 66.6 cm³/mol. The Morgan fingerprint density at radius 3 is 2.59 bits per heavy atom. The molecule has 0 heterocycles. The van der Waals surface area contributed by atoms with Crippen LogP contribution in [0.4, 0.5) is 5.69 Å². The van der Waals surface area contributed by atoms with E-state index in [1.165, 1.54) is 19.2 Å². The van der Waals surface area contributed by atoms with Crippen molar-refractivity contribution in [3.63, 3.8) is 0 Å². The smallest absolute Gasteiger partial charge is 0.340 e. The van der Waals surface area contributed by atoms with Crippen molar-refractivity contribution in [1.29, 1.82) is 0 Å². The van der Waals surface area contributed by atoms with Crippen LogP contribution in [0.5, 0.6) is 0 Å². The van der Waals surface area contributed by atoms with E-state index in [4.69, 9.17) is 5.11 Å². The van der Waals surface area contributed by atoms with Crippen LogP contribution < -0.4 is 5.32 Å². The first-order chi connectivity index (χ1) is 8.01. The van der Waals surface area contributed by atoms with Gasteiger partial charge in [-0.1, -0.05) is 0 Å². The second-order valence-electron chi connectivity index (χ2n) is 3.21. The summed E-state index contributed by atoms with van der Waals surface area (Å²) < 4.78 is 5.13. The highest BCUT2D eigenvalue weighted by molar-refractivity contribution is 9.10. The zero-order chi connectivity index (χ0) is 13.0. The molecule has 1 rings (SSSR count). The molecule has 1 aromatic carbocycles. The third kappa shape index (κ3) is 2.97. The van der Waals surface area contributed by atoms with E-state index in [9.17, 15) is 9.59 Å². The summed E-state index contributed by atoms with van der Waals surface area (Å²) in [5.74, 6) is -1.68. The monoisotopic (exact) mass is 301 g/mol. The summed E-state index contributed by atoms with van der Waals surface area (Å²) in [6, 6.07) is 2.73. The van der Waals surface area contributed by atoms with Crippen LogP contribution in [-0.2, 0) is 4.74 Å². The van der Waals surface area contributed by atoms with Crippen molar-refractivity contribution in [1.82, 2.24) is 0 Å². The number of carboxylic acid groups (broad SMARTS) is 1.